The number of hydrogen-bond acceptors (Lipinski definition) is 2. The number of alkyl halides is 1. The van der Waals surface area contributed by atoms with Crippen LogP contribution in [0, 0.1) is 5.92 Å². The lowest BCUT2D eigenvalue weighted by Gasteiger charge is -2.30. The molecule has 1 fully saturated rings. The lowest BCUT2D eigenvalue weighted by molar-refractivity contribution is 0.281. The van der Waals surface area contributed by atoms with Crippen LogP contribution in [0.3, 0.4) is 0 Å². The van der Waals surface area contributed by atoms with Crippen molar-refractivity contribution in [2.45, 2.75) is 38.3 Å². The van der Waals surface area contributed by atoms with E-state index in [9.17, 15) is 0 Å². The lowest BCUT2D eigenvalue weighted by Crippen LogP contribution is -2.39. The van der Waals surface area contributed by atoms with Gasteiger partial charge in [-0.1, -0.05) is 12.8 Å². The van der Waals surface area contributed by atoms with Gasteiger partial charge in [0.15, 0.2) is 0 Å². The maximum absolute atomic E-state index is 6.00. The molecule has 0 spiro atoms. The molecule has 1 heterocycles. The second kappa shape index (κ2) is 5.69. The van der Waals surface area contributed by atoms with Crippen LogP contribution in [0.15, 0.2) is 12.3 Å². The van der Waals surface area contributed by atoms with Crippen LogP contribution in [0.5, 0.6) is 0 Å². The first-order chi connectivity index (χ1) is 7.79. The molecule has 1 N–H and O–H groups in total. The van der Waals surface area contributed by atoms with E-state index in [2.05, 4.69) is 16.5 Å². The van der Waals surface area contributed by atoms with E-state index in [1.165, 1.54) is 25.7 Å². The Hall–Kier alpha value is -0.540. The van der Waals surface area contributed by atoms with Crippen LogP contribution in [-0.4, -0.2) is 21.7 Å². The van der Waals surface area contributed by atoms with Gasteiger partial charge in [-0.2, -0.15) is 5.10 Å². The Kier molecular flexibility index (Phi) is 4.24. The van der Waals surface area contributed by atoms with Crippen LogP contribution >= 0.6 is 11.6 Å². The fourth-order valence-electron chi connectivity index (χ4n) is 2.45. The van der Waals surface area contributed by atoms with Gasteiger partial charge in [0.25, 0.3) is 0 Å². The van der Waals surface area contributed by atoms with E-state index in [-0.39, 0.29) is 0 Å². The number of aryl methyl sites for hydroxylation is 1. The molecule has 0 aromatic carbocycles. The Morgan fingerprint density at radius 1 is 1.50 bits per heavy atom. The van der Waals surface area contributed by atoms with E-state index in [4.69, 9.17) is 11.6 Å². The number of rotatable bonds is 4. The van der Waals surface area contributed by atoms with Gasteiger partial charge in [0, 0.05) is 31.7 Å². The molecule has 3 nitrogen and oxygen atoms in total. The largest absolute Gasteiger partial charge is 0.308 e. The summed E-state index contributed by atoms with van der Waals surface area (Å²) in [5, 5.41) is 7.96. The molecule has 16 heavy (non-hydrogen) atoms. The molecule has 1 aromatic heterocycles. The molecular formula is C12H20ClN3. The number of nitrogens with one attached hydrogen (secondary N) is 1. The Balaban J connectivity index is 1.84. The van der Waals surface area contributed by atoms with Crippen LogP contribution in [0.25, 0.3) is 0 Å². The summed E-state index contributed by atoms with van der Waals surface area (Å²) in [6.07, 6.45) is 7.16. The van der Waals surface area contributed by atoms with Gasteiger partial charge in [0.05, 0.1) is 5.69 Å². The van der Waals surface area contributed by atoms with Gasteiger partial charge < -0.3 is 5.32 Å². The van der Waals surface area contributed by atoms with Crippen LogP contribution in [0.4, 0.5) is 0 Å². The van der Waals surface area contributed by atoms with Gasteiger partial charge in [-0.3, -0.25) is 4.68 Å². The fraction of sp³-hybridized carbons (Fsp3) is 0.750. The number of hydrogen-bond donors (Lipinski definition) is 1. The summed E-state index contributed by atoms with van der Waals surface area (Å²) in [5.74, 6) is 1.42. The van der Waals surface area contributed by atoms with Gasteiger partial charge in [-0.15, -0.1) is 11.6 Å². The minimum atomic E-state index is 0.577. The standard InChI is InChI=1S/C12H20ClN3/c1-16-7-6-11(15-16)9-14-12-5-3-2-4-10(12)8-13/h6-7,10,12,14H,2-5,8-9H2,1H3. The maximum Gasteiger partial charge on any atom is 0.0762 e. The Labute approximate surface area is 102 Å². The molecule has 0 bridgehead atoms. The Bertz CT molecular complexity index is 324. The molecule has 2 unspecified atom stereocenters. The van der Waals surface area contributed by atoms with Crippen molar-refractivity contribution < 1.29 is 0 Å². The third-order valence-corrected chi connectivity index (χ3v) is 3.82. The van der Waals surface area contributed by atoms with Crippen molar-refractivity contribution in [1.82, 2.24) is 15.1 Å². The quantitative estimate of drug-likeness (QED) is 0.820. The highest BCUT2D eigenvalue weighted by Crippen LogP contribution is 2.25. The second-order valence-corrected chi connectivity index (χ2v) is 4.98. The Morgan fingerprint density at radius 2 is 2.31 bits per heavy atom. The molecule has 1 aromatic rings. The zero-order chi connectivity index (χ0) is 11.4. The highest BCUT2D eigenvalue weighted by atomic mass is 35.5. The fourth-order valence-corrected chi connectivity index (χ4v) is 2.82. The normalized spacial score (nSPS) is 25.9. The molecule has 90 valence electrons. The van der Waals surface area contributed by atoms with Crippen molar-refractivity contribution in [2.24, 2.45) is 13.0 Å². The summed E-state index contributed by atoms with van der Waals surface area (Å²) in [4.78, 5) is 0. The van der Waals surface area contributed by atoms with E-state index >= 15 is 0 Å². The third kappa shape index (κ3) is 2.98. The smallest absolute Gasteiger partial charge is 0.0762 e. The van der Waals surface area contributed by atoms with E-state index in [0.29, 0.717) is 12.0 Å². The van der Waals surface area contributed by atoms with Gasteiger partial charge in [0.2, 0.25) is 0 Å². The third-order valence-electron chi connectivity index (χ3n) is 3.42. The van der Waals surface area contributed by atoms with Crippen molar-refractivity contribution in [3.63, 3.8) is 0 Å². The van der Waals surface area contributed by atoms with Crippen molar-refractivity contribution in [3.8, 4) is 0 Å². The van der Waals surface area contributed by atoms with Gasteiger partial charge in [0.1, 0.15) is 0 Å². The SMILES string of the molecule is Cn1ccc(CNC2CCCCC2CCl)n1. The van der Waals surface area contributed by atoms with Crippen LogP contribution in [0.2, 0.25) is 0 Å². The second-order valence-electron chi connectivity index (χ2n) is 4.67. The molecule has 1 saturated carbocycles. The number of nitrogens with zero attached hydrogens (tertiary/aromatic N) is 2. The summed E-state index contributed by atoms with van der Waals surface area (Å²) in [5.41, 5.74) is 1.11. The van der Waals surface area contributed by atoms with E-state index in [1.807, 2.05) is 17.9 Å². The summed E-state index contributed by atoms with van der Waals surface area (Å²) in [7, 11) is 1.95. The van der Waals surface area contributed by atoms with Crippen molar-refractivity contribution in [2.75, 3.05) is 5.88 Å². The minimum absolute atomic E-state index is 0.577. The molecule has 0 saturated heterocycles. The van der Waals surface area contributed by atoms with Crippen LogP contribution in [0.1, 0.15) is 31.4 Å². The topological polar surface area (TPSA) is 29.9 Å². The molecule has 2 rings (SSSR count). The summed E-state index contributed by atoms with van der Waals surface area (Å²) >= 11 is 6.00. The predicted molar refractivity (Wildman–Crippen MR) is 66.5 cm³/mol. The molecule has 0 radical (unpaired) electrons. The molecule has 0 amide bonds. The molecule has 0 aliphatic heterocycles. The summed E-state index contributed by atoms with van der Waals surface area (Å²) in [6, 6.07) is 2.64. The summed E-state index contributed by atoms with van der Waals surface area (Å²) in [6.45, 7) is 0.860. The van der Waals surface area contributed by atoms with E-state index < -0.39 is 0 Å². The minimum Gasteiger partial charge on any atom is -0.308 e. The average Bonchev–Trinajstić information content (AvgIpc) is 2.73. The Morgan fingerprint density at radius 3 is 3.00 bits per heavy atom. The van der Waals surface area contributed by atoms with Gasteiger partial charge in [-0.25, -0.2) is 0 Å². The van der Waals surface area contributed by atoms with E-state index in [1.54, 1.807) is 0 Å². The van der Waals surface area contributed by atoms with Crippen LogP contribution in [-0.2, 0) is 13.6 Å². The first kappa shape index (κ1) is 11.9. The zero-order valence-electron chi connectivity index (χ0n) is 9.82. The molecular weight excluding hydrogens is 222 g/mol. The van der Waals surface area contributed by atoms with Gasteiger partial charge in [-0.05, 0) is 24.8 Å². The average molecular weight is 242 g/mol. The highest BCUT2D eigenvalue weighted by Gasteiger charge is 2.23. The summed E-state index contributed by atoms with van der Waals surface area (Å²) < 4.78 is 1.84. The lowest BCUT2D eigenvalue weighted by atomic mass is 9.86. The monoisotopic (exact) mass is 241 g/mol. The number of aromatic nitrogens is 2. The number of halogens is 1. The van der Waals surface area contributed by atoms with Crippen molar-refractivity contribution in [1.29, 1.82) is 0 Å². The molecule has 4 heteroatoms. The highest BCUT2D eigenvalue weighted by molar-refractivity contribution is 6.18. The van der Waals surface area contributed by atoms with Crippen molar-refractivity contribution >= 4 is 11.6 Å². The van der Waals surface area contributed by atoms with E-state index in [0.717, 1.165) is 18.1 Å². The molecule has 1 aliphatic rings. The van der Waals surface area contributed by atoms with Gasteiger partial charge >= 0.3 is 0 Å². The first-order valence-electron chi connectivity index (χ1n) is 6.07. The predicted octanol–water partition coefficient (Wildman–Crippen LogP) is 2.31. The zero-order valence-corrected chi connectivity index (χ0v) is 10.6. The first-order valence-corrected chi connectivity index (χ1v) is 6.61. The maximum atomic E-state index is 6.00. The van der Waals surface area contributed by atoms with Crippen molar-refractivity contribution in [3.05, 3.63) is 18.0 Å². The van der Waals surface area contributed by atoms with Crippen LogP contribution < -0.4 is 5.32 Å². The molecule has 1 aliphatic carbocycles. The molecule has 2 atom stereocenters.